The van der Waals surface area contributed by atoms with Gasteiger partial charge in [0.1, 0.15) is 6.61 Å². The van der Waals surface area contributed by atoms with Crippen LogP contribution in [0.1, 0.15) is 168 Å². The smallest absolute Gasteiger partial charge is 0.462 e. The predicted molar refractivity (Wildman–Crippen MR) is 220 cm³/mol. The minimum atomic E-state index is -4.37. The zero-order valence-electron chi connectivity index (χ0n) is 34.2. The second-order valence-corrected chi connectivity index (χ2v) is 15.6. The molecule has 53 heavy (non-hydrogen) atoms. The molecule has 1 unspecified atom stereocenters. The van der Waals surface area contributed by atoms with Gasteiger partial charge in [-0.15, -0.1) is 0 Å². The number of hydrogen-bond acceptors (Lipinski definition) is 8. The summed E-state index contributed by atoms with van der Waals surface area (Å²) in [5.41, 5.74) is 0. The van der Waals surface area contributed by atoms with Crippen LogP contribution in [0.25, 0.3) is 0 Å². The van der Waals surface area contributed by atoms with Gasteiger partial charge in [0, 0.05) is 19.4 Å². The normalized spacial score (nSPS) is 13.9. The molecule has 0 aromatic rings. The molecule has 0 aromatic heterocycles. The fourth-order valence-corrected chi connectivity index (χ4v) is 6.13. The molecular formula is C43H78NO8P. The molecule has 9 nitrogen and oxygen atoms in total. The van der Waals surface area contributed by atoms with E-state index >= 15 is 0 Å². The summed E-state index contributed by atoms with van der Waals surface area (Å²) in [6.07, 6.45) is 41.6. The summed E-state index contributed by atoms with van der Waals surface area (Å²) >= 11 is 0. The number of nitrogens with zero attached hydrogens (tertiary/aromatic N) is 1. The van der Waals surface area contributed by atoms with Gasteiger partial charge in [-0.05, 0) is 65.5 Å². The summed E-state index contributed by atoms with van der Waals surface area (Å²) in [4.78, 5) is 36.9. The van der Waals surface area contributed by atoms with Gasteiger partial charge in [0.05, 0.1) is 13.2 Å². The van der Waals surface area contributed by atoms with Crippen LogP contribution >= 0.6 is 7.82 Å². The van der Waals surface area contributed by atoms with Crippen molar-refractivity contribution in [2.24, 2.45) is 0 Å². The average Bonchev–Trinajstić information content (AvgIpc) is 3.12. The fourth-order valence-electron chi connectivity index (χ4n) is 5.38. The minimum absolute atomic E-state index is 0.00315. The fraction of sp³-hybridized carbons (Fsp3) is 0.767. The van der Waals surface area contributed by atoms with Crippen molar-refractivity contribution in [2.75, 3.05) is 40.5 Å². The second-order valence-electron chi connectivity index (χ2n) is 14.2. The highest BCUT2D eigenvalue weighted by Crippen LogP contribution is 2.43. The van der Waals surface area contributed by atoms with Gasteiger partial charge in [0.15, 0.2) is 6.10 Å². The number of carbonyl (C=O) groups excluding carboxylic acids is 2. The van der Waals surface area contributed by atoms with Gasteiger partial charge in [-0.25, -0.2) is 4.57 Å². The molecule has 0 saturated heterocycles. The molecule has 2 atom stereocenters. The predicted octanol–water partition coefficient (Wildman–Crippen LogP) is 11.8. The third kappa shape index (κ3) is 39.5. The maximum Gasteiger partial charge on any atom is 0.472 e. The first kappa shape index (κ1) is 51.0. The molecule has 0 heterocycles. The highest BCUT2D eigenvalue weighted by molar-refractivity contribution is 7.47. The first-order chi connectivity index (χ1) is 25.7. The molecule has 0 aliphatic carbocycles. The summed E-state index contributed by atoms with van der Waals surface area (Å²) in [7, 11) is -0.739. The number of carbonyl (C=O) groups is 2. The summed E-state index contributed by atoms with van der Waals surface area (Å²) in [5, 5.41) is 0. The lowest BCUT2D eigenvalue weighted by atomic mass is 10.0. The topological polar surface area (TPSA) is 112 Å². The number of rotatable bonds is 38. The first-order valence-corrected chi connectivity index (χ1v) is 22.4. The number of ether oxygens (including phenoxy) is 2. The third-order valence-corrected chi connectivity index (χ3v) is 9.62. The Labute approximate surface area is 324 Å². The van der Waals surface area contributed by atoms with Crippen molar-refractivity contribution in [3.63, 3.8) is 0 Å². The Kier molecular flexibility index (Phi) is 36.8. The number of likely N-dealkylation sites (N-methyl/N-ethyl adjacent to an activating group) is 1. The molecule has 0 aromatic carbocycles. The SMILES string of the molecule is CCCCC/C=C\C/C=C\C/C=C\C/C=C\CCCC(=O)O[C@@H](COC(=O)CCCCCCCCCCCCCCC)COP(=O)(O)OCCN(C)C. The Morgan fingerprint density at radius 1 is 0.585 bits per heavy atom. The monoisotopic (exact) mass is 768 g/mol. The number of phosphoric ester groups is 1. The molecule has 0 saturated carbocycles. The van der Waals surface area contributed by atoms with E-state index in [1.807, 2.05) is 25.1 Å². The molecule has 0 spiro atoms. The maximum absolute atomic E-state index is 12.6. The Morgan fingerprint density at radius 2 is 1.04 bits per heavy atom. The zero-order valence-corrected chi connectivity index (χ0v) is 35.1. The lowest BCUT2D eigenvalue weighted by Crippen LogP contribution is -2.29. The van der Waals surface area contributed by atoms with Crippen LogP contribution in [0.4, 0.5) is 0 Å². The van der Waals surface area contributed by atoms with E-state index in [-0.39, 0.29) is 32.0 Å². The van der Waals surface area contributed by atoms with Gasteiger partial charge < -0.3 is 19.3 Å². The van der Waals surface area contributed by atoms with Gasteiger partial charge in [-0.3, -0.25) is 18.6 Å². The van der Waals surface area contributed by atoms with Crippen LogP contribution in [0.5, 0.6) is 0 Å². The van der Waals surface area contributed by atoms with Crippen LogP contribution in [0.3, 0.4) is 0 Å². The summed E-state index contributed by atoms with van der Waals surface area (Å²) in [6, 6.07) is 0. The van der Waals surface area contributed by atoms with E-state index in [4.69, 9.17) is 18.5 Å². The average molecular weight is 768 g/mol. The molecule has 1 N–H and O–H groups in total. The van der Waals surface area contributed by atoms with Crippen LogP contribution < -0.4 is 0 Å². The lowest BCUT2D eigenvalue weighted by molar-refractivity contribution is -0.161. The van der Waals surface area contributed by atoms with Crippen LogP contribution in [-0.4, -0.2) is 68.3 Å². The number of unbranched alkanes of at least 4 members (excludes halogenated alkanes) is 16. The quantitative estimate of drug-likeness (QED) is 0.0284. The van der Waals surface area contributed by atoms with Crippen molar-refractivity contribution in [1.29, 1.82) is 0 Å². The summed E-state index contributed by atoms with van der Waals surface area (Å²) < 4.78 is 33.3. The molecular weight excluding hydrogens is 689 g/mol. The standard InChI is InChI=1S/C43H78NO8P/c1-5-7-9-11-13-15-17-19-20-21-22-24-26-28-30-32-34-36-43(46)52-41(40-51-53(47,48)50-38-37-44(3)4)39-49-42(45)35-33-31-29-27-25-23-18-16-14-12-10-8-6-2/h13,15,19-20,22,24,28,30,41H,5-12,14,16-18,21,23,25-27,29,31-40H2,1-4H3,(H,47,48)/b15-13-,20-19-,24-22-,30-28-/t41-/m0/s1. The lowest BCUT2D eigenvalue weighted by Gasteiger charge is -2.20. The molecule has 0 aliphatic rings. The van der Waals surface area contributed by atoms with E-state index in [2.05, 4.69) is 56.4 Å². The van der Waals surface area contributed by atoms with Crippen LogP contribution in [0, 0.1) is 0 Å². The maximum atomic E-state index is 12.6. The van der Waals surface area contributed by atoms with Crippen molar-refractivity contribution in [3.05, 3.63) is 48.6 Å². The largest absolute Gasteiger partial charge is 0.472 e. The molecule has 308 valence electrons. The summed E-state index contributed by atoms with van der Waals surface area (Å²) in [6.45, 7) is 4.22. The number of allylic oxidation sites excluding steroid dienone is 8. The van der Waals surface area contributed by atoms with Crippen molar-refractivity contribution in [2.45, 2.75) is 174 Å². The molecule has 10 heteroatoms. The third-order valence-electron chi connectivity index (χ3n) is 8.64. The first-order valence-electron chi connectivity index (χ1n) is 20.9. The van der Waals surface area contributed by atoms with Crippen LogP contribution in [0.2, 0.25) is 0 Å². The van der Waals surface area contributed by atoms with E-state index in [1.165, 1.54) is 89.9 Å². The second kappa shape index (κ2) is 38.3. The van der Waals surface area contributed by atoms with E-state index < -0.39 is 26.5 Å². The molecule has 0 fully saturated rings. The zero-order chi connectivity index (χ0) is 39.1. The molecule has 0 amide bonds. The highest BCUT2D eigenvalue weighted by Gasteiger charge is 2.26. The number of phosphoric acid groups is 1. The minimum Gasteiger partial charge on any atom is -0.462 e. The van der Waals surface area contributed by atoms with Crippen molar-refractivity contribution >= 4 is 19.8 Å². The van der Waals surface area contributed by atoms with E-state index in [9.17, 15) is 19.0 Å². The molecule has 0 bridgehead atoms. The van der Waals surface area contributed by atoms with Gasteiger partial charge >= 0.3 is 19.8 Å². The van der Waals surface area contributed by atoms with Crippen molar-refractivity contribution < 1.29 is 37.6 Å². The van der Waals surface area contributed by atoms with Gasteiger partial charge in [-0.2, -0.15) is 0 Å². The van der Waals surface area contributed by atoms with Crippen molar-refractivity contribution in [3.8, 4) is 0 Å². The van der Waals surface area contributed by atoms with Crippen LogP contribution in [-0.2, 0) is 32.7 Å². The van der Waals surface area contributed by atoms with E-state index in [1.54, 1.807) is 0 Å². The molecule has 0 aliphatic heterocycles. The van der Waals surface area contributed by atoms with Crippen molar-refractivity contribution in [1.82, 2.24) is 4.90 Å². The highest BCUT2D eigenvalue weighted by atomic mass is 31.2. The Morgan fingerprint density at radius 3 is 1.57 bits per heavy atom. The van der Waals surface area contributed by atoms with Crippen LogP contribution in [0.15, 0.2) is 48.6 Å². The molecule has 0 rings (SSSR count). The van der Waals surface area contributed by atoms with E-state index in [0.29, 0.717) is 19.4 Å². The van der Waals surface area contributed by atoms with E-state index in [0.717, 1.165) is 38.5 Å². The van der Waals surface area contributed by atoms with Gasteiger partial charge in [0.25, 0.3) is 0 Å². The van der Waals surface area contributed by atoms with Gasteiger partial charge in [0.2, 0.25) is 0 Å². The Bertz CT molecular complexity index is 1030. The Hall–Kier alpha value is -2.03. The van der Waals surface area contributed by atoms with Gasteiger partial charge in [-0.1, -0.05) is 152 Å². The Balaban J connectivity index is 4.42. The number of hydrogen-bond donors (Lipinski definition) is 1. The molecule has 0 radical (unpaired) electrons. The summed E-state index contributed by atoms with van der Waals surface area (Å²) in [5.74, 6) is -0.868. The number of esters is 2.